The quantitative estimate of drug-likeness (QED) is 0.859. The van der Waals surface area contributed by atoms with Crippen LogP contribution < -0.4 is 15.5 Å². The zero-order valence-electron chi connectivity index (χ0n) is 15.5. The number of anilines is 1. The van der Waals surface area contributed by atoms with E-state index in [1.165, 1.54) is 5.69 Å². The monoisotopic (exact) mass is 346 g/mol. The minimum Gasteiger partial charge on any atom is -0.370 e. The van der Waals surface area contributed by atoms with E-state index in [-0.39, 0.29) is 11.9 Å². The second-order valence-corrected chi connectivity index (χ2v) is 7.15. The SMILES string of the molecule is CNC(=O)CCC(C)(C)NC(=O)N1CCCN(c2ccccc2)CC1. The molecule has 0 saturated carbocycles. The van der Waals surface area contributed by atoms with E-state index in [4.69, 9.17) is 0 Å². The molecular formula is C19H30N4O2. The van der Waals surface area contributed by atoms with Gasteiger partial charge >= 0.3 is 6.03 Å². The van der Waals surface area contributed by atoms with Gasteiger partial charge in [-0.1, -0.05) is 18.2 Å². The average Bonchev–Trinajstić information content (AvgIpc) is 2.86. The summed E-state index contributed by atoms with van der Waals surface area (Å²) in [5.41, 5.74) is 0.797. The van der Waals surface area contributed by atoms with E-state index in [2.05, 4.69) is 27.7 Å². The normalized spacial score (nSPS) is 15.5. The molecule has 1 aliphatic rings. The molecule has 2 rings (SSSR count). The highest BCUT2D eigenvalue weighted by Crippen LogP contribution is 2.17. The molecule has 1 aliphatic heterocycles. The number of nitrogens with zero attached hydrogens (tertiary/aromatic N) is 2. The van der Waals surface area contributed by atoms with E-state index in [0.717, 1.165) is 26.1 Å². The van der Waals surface area contributed by atoms with Gasteiger partial charge in [0.1, 0.15) is 0 Å². The largest absolute Gasteiger partial charge is 0.370 e. The Morgan fingerprint density at radius 2 is 1.80 bits per heavy atom. The molecule has 3 amide bonds. The number of hydrogen-bond donors (Lipinski definition) is 2. The summed E-state index contributed by atoms with van der Waals surface area (Å²) in [6.45, 7) is 7.15. The fourth-order valence-corrected chi connectivity index (χ4v) is 3.00. The van der Waals surface area contributed by atoms with Crippen molar-refractivity contribution < 1.29 is 9.59 Å². The van der Waals surface area contributed by atoms with Gasteiger partial charge in [-0.2, -0.15) is 0 Å². The zero-order chi connectivity index (χ0) is 18.3. The summed E-state index contributed by atoms with van der Waals surface area (Å²) in [4.78, 5) is 28.2. The summed E-state index contributed by atoms with van der Waals surface area (Å²) in [5, 5.41) is 5.69. The van der Waals surface area contributed by atoms with Crippen LogP contribution in [0.3, 0.4) is 0 Å². The maximum absolute atomic E-state index is 12.6. The zero-order valence-corrected chi connectivity index (χ0v) is 15.5. The molecule has 1 saturated heterocycles. The van der Waals surface area contributed by atoms with Crippen LogP contribution in [-0.4, -0.2) is 55.6 Å². The topological polar surface area (TPSA) is 64.7 Å². The second-order valence-electron chi connectivity index (χ2n) is 7.15. The number of carbonyl (C=O) groups excluding carboxylic acids is 2. The molecule has 0 aliphatic carbocycles. The van der Waals surface area contributed by atoms with Gasteiger partial charge in [0.2, 0.25) is 5.91 Å². The van der Waals surface area contributed by atoms with E-state index in [1.54, 1.807) is 7.05 Å². The predicted octanol–water partition coefficient (Wildman–Crippen LogP) is 2.21. The number of para-hydroxylation sites is 1. The van der Waals surface area contributed by atoms with E-state index < -0.39 is 5.54 Å². The summed E-state index contributed by atoms with van der Waals surface area (Å²) in [6.07, 6.45) is 1.97. The highest BCUT2D eigenvalue weighted by atomic mass is 16.2. The molecule has 6 heteroatoms. The van der Waals surface area contributed by atoms with Crippen LogP contribution in [0.2, 0.25) is 0 Å². The van der Waals surface area contributed by atoms with Crippen LogP contribution in [0.5, 0.6) is 0 Å². The van der Waals surface area contributed by atoms with E-state index in [1.807, 2.05) is 36.9 Å². The van der Waals surface area contributed by atoms with Crippen molar-refractivity contribution in [2.24, 2.45) is 0 Å². The number of rotatable bonds is 5. The number of amides is 3. The lowest BCUT2D eigenvalue weighted by molar-refractivity contribution is -0.121. The summed E-state index contributed by atoms with van der Waals surface area (Å²) < 4.78 is 0. The summed E-state index contributed by atoms with van der Waals surface area (Å²) >= 11 is 0. The molecule has 0 unspecified atom stereocenters. The highest BCUT2D eigenvalue weighted by molar-refractivity contribution is 5.77. The van der Waals surface area contributed by atoms with Crippen LogP contribution in [-0.2, 0) is 4.79 Å². The Labute approximate surface area is 150 Å². The molecule has 25 heavy (non-hydrogen) atoms. The standard InChI is InChI=1S/C19H30N4O2/c1-19(2,11-10-17(24)20-3)21-18(25)23-13-7-12-22(14-15-23)16-8-5-4-6-9-16/h4-6,8-9H,7,10-15H2,1-3H3,(H,20,24)(H,21,25). The molecule has 0 atom stereocenters. The fourth-order valence-electron chi connectivity index (χ4n) is 3.00. The Balaban J connectivity index is 1.86. The third kappa shape index (κ3) is 5.96. The number of benzene rings is 1. The van der Waals surface area contributed by atoms with Gasteiger partial charge < -0.3 is 20.4 Å². The Kier molecular flexibility index (Phi) is 6.67. The molecule has 1 aromatic rings. The predicted molar refractivity (Wildman–Crippen MR) is 101 cm³/mol. The lowest BCUT2D eigenvalue weighted by Gasteiger charge is -2.30. The first-order valence-electron chi connectivity index (χ1n) is 8.99. The molecule has 138 valence electrons. The van der Waals surface area contributed by atoms with Crippen molar-refractivity contribution in [2.45, 2.75) is 38.6 Å². The molecule has 0 aromatic heterocycles. The summed E-state index contributed by atoms with van der Waals surface area (Å²) in [7, 11) is 1.63. The van der Waals surface area contributed by atoms with Crippen LogP contribution in [0.1, 0.15) is 33.1 Å². The first kappa shape index (κ1) is 19.1. The third-order valence-electron chi connectivity index (χ3n) is 4.61. The maximum atomic E-state index is 12.6. The fraction of sp³-hybridized carbons (Fsp3) is 0.579. The molecule has 1 heterocycles. The van der Waals surface area contributed by atoms with Crippen molar-refractivity contribution in [3.8, 4) is 0 Å². The first-order chi connectivity index (χ1) is 11.9. The van der Waals surface area contributed by atoms with Crippen LogP contribution >= 0.6 is 0 Å². The number of carbonyl (C=O) groups is 2. The summed E-state index contributed by atoms with van der Waals surface area (Å²) in [6, 6.07) is 10.3. The average molecular weight is 346 g/mol. The molecule has 1 fully saturated rings. The minimum absolute atomic E-state index is 0.00407. The second kappa shape index (κ2) is 8.74. The van der Waals surface area contributed by atoms with Gasteiger partial charge in [0.15, 0.2) is 0 Å². The molecule has 1 aromatic carbocycles. The van der Waals surface area contributed by atoms with Crippen molar-refractivity contribution in [3.63, 3.8) is 0 Å². The highest BCUT2D eigenvalue weighted by Gasteiger charge is 2.26. The Morgan fingerprint density at radius 3 is 2.48 bits per heavy atom. The summed E-state index contributed by atoms with van der Waals surface area (Å²) in [5.74, 6) is -0.00407. The lowest BCUT2D eigenvalue weighted by atomic mass is 9.98. The minimum atomic E-state index is -0.408. The maximum Gasteiger partial charge on any atom is 0.317 e. The van der Waals surface area contributed by atoms with Crippen LogP contribution in [0, 0.1) is 0 Å². The van der Waals surface area contributed by atoms with Gasteiger partial charge in [-0.05, 0) is 38.8 Å². The van der Waals surface area contributed by atoms with Crippen molar-refractivity contribution in [1.82, 2.24) is 15.5 Å². The van der Waals surface area contributed by atoms with Gasteiger partial charge in [0.25, 0.3) is 0 Å². The van der Waals surface area contributed by atoms with Gasteiger partial charge in [-0.3, -0.25) is 4.79 Å². The number of nitrogens with one attached hydrogen (secondary N) is 2. The van der Waals surface area contributed by atoms with Gasteiger partial charge in [0, 0.05) is 50.9 Å². The number of hydrogen-bond acceptors (Lipinski definition) is 3. The number of urea groups is 1. The van der Waals surface area contributed by atoms with Crippen molar-refractivity contribution in [1.29, 1.82) is 0 Å². The Hall–Kier alpha value is -2.24. The lowest BCUT2D eigenvalue weighted by Crippen LogP contribution is -2.51. The first-order valence-corrected chi connectivity index (χ1v) is 8.99. The van der Waals surface area contributed by atoms with Crippen molar-refractivity contribution in [3.05, 3.63) is 30.3 Å². The smallest absolute Gasteiger partial charge is 0.317 e. The van der Waals surface area contributed by atoms with Gasteiger partial charge in [0.05, 0.1) is 0 Å². The van der Waals surface area contributed by atoms with Crippen LogP contribution in [0.4, 0.5) is 10.5 Å². The van der Waals surface area contributed by atoms with E-state index >= 15 is 0 Å². The van der Waals surface area contributed by atoms with Crippen LogP contribution in [0.15, 0.2) is 30.3 Å². The molecule has 2 N–H and O–H groups in total. The van der Waals surface area contributed by atoms with Crippen molar-refractivity contribution >= 4 is 17.6 Å². The molecule has 0 spiro atoms. The molecular weight excluding hydrogens is 316 g/mol. The Morgan fingerprint density at radius 1 is 1.08 bits per heavy atom. The van der Waals surface area contributed by atoms with Gasteiger partial charge in [-0.25, -0.2) is 4.79 Å². The molecule has 6 nitrogen and oxygen atoms in total. The molecule has 0 radical (unpaired) electrons. The Bertz CT molecular complexity index is 574. The third-order valence-corrected chi connectivity index (χ3v) is 4.61. The van der Waals surface area contributed by atoms with Gasteiger partial charge in [-0.15, -0.1) is 0 Å². The van der Waals surface area contributed by atoms with E-state index in [0.29, 0.717) is 19.4 Å². The van der Waals surface area contributed by atoms with Crippen molar-refractivity contribution in [2.75, 3.05) is 38.1 Å². The van der Waals surface area contributed by atoms with E-state index in [9.17, 15) is 9.59 Å². The molecule has 0 bridgehead atoms. The van der Waals surface area contributed by atoms with Crippen LogP contribution in [0.25, 0.3) is 0 Å².